The molecule has 1 aliphatic rings. The average Bonchev–Trinajstić information content (AvgIpc) is 3.58. The molecule has 9 heteroatoms. The Morgan fingerprint density at radius 2 is 1.94 bits per heavy atom. The Morgan fingerprint density at radius 3 is 2.56 bits per heavy atom. The lowest BCUT2D eigenvalue weighted by atomic mass is 10.0. The predicted octanol–water partition coefficient (Wildman–Crippen LogP) is 4.20. The minimum atomic E-state index is -0.908. The highest BCUT2D eigenvalue weighted by atomic mass is 35.5. The fourth-order valence-electron chi connectivity index (χ4n) is 4.15. The van der Waals surface area contributed by atoms with E-state index in [9.17, 15) is 19.5 Å². The molecule has 4 rings (SSSR count). The molecule has 1 saturated carbocycles. The second kappa shape index (κ2) is 8.68. The van der Waals surface area contributed by atoms with E-state index in [1.807, 2.05) is 0 Å². The van der Waals surface area contributed by atoms with Gasteiger partial charge in [-0.15, -0.1) is 0 Å². The summed E-state index contributed by atoms with van der Waals surface area (Å²) >= 11 is 6.40. The maximum atomic E-state index is 15.3. The van der Waals surface area contributed by atoms with Crippen LogP contribution in [0.25, 0.3) is 16.9 Å². The number of carbonyl (C=O) groups is 2. The number of benzene rings is 1. The van der Waals surface area contributed by atoms with Gasteiger partial charge in [-0.05, 0) is 61.6 Å². The summed E-state index contributed by atoms with van der Waals surface area (Å²) in [6, 6.07) is 7.82. The first-order valence-corrected chi connectivity index (χ1v) is 11.0. The molecule has 1 N–H and O–H groups in total. The third-order valence-electron chi connectivity index (χ3n) is 6.10. The maximum Gasteiger partial charge on any atom is 0.307 e. The van der Waals surface area contributed by atoms with Crippen LogP contribution in [-0.4, -0.2) is 45.5 Å². The molecule has 0 aliphatic heterocycles. The van der Waals surface area contributed by atoms with E-state index in [4.69, 9.17) is 11.6 Å². The van der Waals surface area contributed by atoms with Gasteiger partial charge in [0, 0.05) is 31.5 Å². The first-order valence-electron chi connectivity index (χ1n) is 10.6. The van der Waals surface area contributed by atoms with Gasteiger partial charge in [-0.3, -0.25) is 23.9 Å². The smallest absolute Gasteiger partial charge is 0.307 e. The number of aliphatic carboxylic acids is 1. The third kappa shape index (κ3) is 3.98. The quantitative estimate of drug-likeness (QED) is 0.587. The molecule has 0 radical (unpaired) electrons. The van der Waals surface area contributed by atoms with Gasteiger partial charge in [-0.1, -0.05) is 17.7 Å². The number of hydrogen-bond acceptors (Lipinski definition) is 4. The molecule has 1 fully saturated rings. The number of rotatable bonds is 5. The largest absolute Gasteiger partial charge is 0.481 e. The first kappa shape index (κ1) is 23.6. The number of halogens is 2. The average molecular weight is 484 g/mol. The first-order chi connectivity index (χ1) is 16.0. The Balaban J connectivity index is 1.83. The van der Waals surface area contributed by atoms with Crippen LogP contribution in [0, 0.1) is 25.6 Å². The van der Waals surface area contributed by atoms with Crippen molar-refractivity contribution in [2.75, 3.05) is 14.1 Å². The van der Waals surface area contributed by atoms with Crippen LogP contribution in [0.5, 0.6) is 0 Å². The van der Waals surface area contributed by atoms with Gasteiger partial charge in [0.1, 0.15) is 10.8 Å². The van der Waals surface area contributed by atoms with Crippen molar-refractivity contribution in [1.29, 1.82) is 0 Å². The monoisotopic (exact) mass is 483 g/mol. The highest BCUT2D eigenvalue weighted by Gasteiger charge is 2.45. The number of carboxylic acid groups (broad SMARTS) is 1. The van der Waals surface area contributed by atoms with Gasteiger partial charge >= 0.3 is 5.97 Å². The Morgan fingerprint density at radius 1 is 1.24 bits per heavy atom. The van der Waals surface area contributed by atoms with Gasteiger partial charge in [0.05, 0.1) is 22.9 Å². The lowest BCUT2D eigenvalue weighted by Gasteiger charge is -2.17. The van der Waals surface area contributed by atoms with E-state index in [1.165, 1.54) is 27.8 Å². The van der Waals surface area contributed by atoms with Crippen LogP contribution in [0.3, 0.4) is 0 Å². The molecule has 176 valence electrons. The van der Waals surface area contributed by atoms with E-state index in [2.05, 4.69) is 4.98 Å². The van der Waals surface area contributed by atoms with Crippen molar-refractivity contribution < 1.29 is 19.1 Å². The molecule has 1 aromatic carbocycles. The number of hydrogen-bond donors (Lipinski definition) is 1. The van der Waals surface area contributed by atoms with Crippen molar-refractivity contribution in [1.82, 2.24) is 14.5 Å². The normalized spacial score (nSPS) is 16.9. The van der Waals surface area contributed by atoms with Crippen molar-refractivity contribution in [3.8, 4) is 16.9 Å². The molecule has 1 amide bonds. The van der Waals surface area contributed by atoms with Gasteiger partial charge < -0.3 is 10.0 Å². The van der Waals surface area contributed by atoms with Crippen LogP contribution in [-0.2, 0) is 4.79 Å². The lowest BCUT2D eigenvalue weighted by molar-refractivity contribution is -0.138. The van der Waals surface area contributed by atoms with Crippen LogP contribution in [0.15, 0.2) is 41.3 Å². The molecular formula is C25H23ClFN3O4. The second-order valence-corrected chi connectivity index (χ2v) is 9.08. The molecule has 0 bridgehead atoms. The van der Waals surface area contributed by atoms with Crippen molar-refractivity contribution in [2.24, 2.45) is 5.92 Å². The van der Waals surface area contributed by atoms with Gasteiger partial charge in [0.25, 0.3) is 11.5 Å². The summed E-state index contributed by atoms with van der Waals surface area (Å²) in [7, 11) is 3.08. The Kier molecular flexibility index (Phi) is 6.03. The minimum absolute atomic E-state index is 0.0260. The SMILES string of the molecule is Cc1cnc(-c2cccc(C(=O)N(C)C)c2F)cc1-n1c(C)cc([C@@H]2CC2C(=O)O)c(Cl)c1=O. The van der Waals surface area contributed by atoms with Crippen LogP contribution in [0.1, 0.15) is 39.5 Å². The molecule has 3 aromatic rings. The van der Waals surface area contributed by atoms with Gasteiger partial charge in [-0.25, -0.2) is 4.39 Å². The Bertz CT molecular complexity index is 1400. The lowest BCUT2D eigenvalue weighted by Crippen LogP contribution is -2.24. The van der Waals surface area contributed by atoms with Gasteiger partial charge in [0.2, 0.25) is 0 Å². The molecule has 1 unspecified atom stereocenters. The summed E-state index contributed by atoms with van der Waals surface area (Å²) in [6.07, 6.45) is 1.97. The van der Waals surface area contributed by atoms with Crippen molar-refractivity contribution in [2.45, 2.75) is 26.2 Å². The zero-order valence-corrected chi connectivity index (χ0v) is 19.9. The fraction of sp³-hybridized carbons (Fsp3) is 0.280. The van der Waals surface area contributed by atoms with Crippen molar-refractivity contribution in [3.05, 3.63) is 80.1 Å². The summed E-state index contributed by atoms with van der Waals surface area (Å²) in [5.41, 5.74) is 2.05. The van der Waals surface area contributed by atoms with Crippen LogP contribution >= 0.6 is 11.6 Å². The molecule has 0 saturated heterocycles. The summed E-state index contributed by atoms with van der Waals surface area (Å²) in [5, 5.41) is 9.21. The predicted molar refractivity (Wildman–Crippen MR) is 126 cm³/mol. The molecular weight excluding hydrogens is 461 g/mol. The minimum Gasteiger partial charge on any atom is -0.481 e. The van der Waals surface area contributed by atoms with Crippen LogP contribution < -0.4 is 5.56 Å². The zero-order valence-electron chi connectivity index (χ0n) is 19.1. The summed E-state index contributed by atoms with van der Waals surface area (Å²) in [4.78, 5) is 42.5. The molecule has 0 spiro atoms. The van der Waals surface area contributed by atoms with Gasteiger partial charge in [0.15, 0.2) is 0 Å². The molecule has 2 aromatic heterocycles. The second-order valence-electron chi connectivity index (χ2n) is 8.71. The molecule has 2 atom stereocenters. The zero-order chi connectivity index (χ0) is 24.9. The maximum absolute atomic E-state index is 15.3. The summed E-state index contributed by atoms with van der Waals surface area (Å²) < 4.78 is 16.7. The highest BCUT2D eigenvalue weighted by molar-refractivity contribution is 6.31. The third-order valence-corrected chi connectivity index (χ3v) is 6.48. The Labute approximate surface area is 200 Å². The van der Waals surface area contributed by atoms with Crippen LogP contribution in [0.2, 0.25) is 5.02 Å². The molecule has 2 heterocycles. The van der Waals surface area contributed by atoms with Crippen LogP contribution in [0.4, 0.5) is 4.39 Å². The Hall–Kier alpha value is -3.52. The number of amides is 1. The van der Waals surface area contributed by atoms with E-state index >= 15 is 4.39 Å². The van der Waals surface area contributed by atoms with E-state index in [0.717, 1.165) is 0 Å². The molecule has 7 nitrogen and oxygen atoms in total. The summed E-state index contributed by atoms with van der Waals surface area (Å²) in [5.74, 6) is -2.91. The van der Waals surface area contributed by atoms with E-state index in [1.54, 1.807) is 46.1 Å². The number of pyridine rings is 2. The van der Waals surface area contributed by atoms with E-state index in [-0.39, 0.29) is 27.8 Å². The number of carboxylic acids is 1. The standard InChI is InChI=1S/C25H23ClFN3O4/c1-12-11-28-19(14-6-5-7-15(22(14)27)23(31)29(3)4)10-20(12)30-13(2)8-17(21(26)24(30)32)16-9-18(16)25(33)34/h5-8,10-11,16,18H,9H2,1-4H3,(H,33,34)/t16-,18?/m0/s1. The van der Waals surface area contributed by atoms with E-state index in [0.29, 0.717) is 28.9 Å². The van der Waals surface area contributed by atoms with E-state index < -0.39 is 29.2 Å². The topological polar surface area (TPSA) is 92.5 Å². The van der Waals surface area contributed by atoms with Crippen molar-refractivity contribution in [3.63, 3.8) is 0 Å². The highest BCUT2D eigenvalue weighted by Crippen LogP contribution is 2.49. The number of nitrogens with zero attached hydrogens (tertiary/aromatic N) is 3. The summed E-state index contributed by atoms with van der Waals surface area (Å²) in [6.45, 7) is 3.50. The fourth-order valence-corrected chi connectivity index (χ4v) is 4.43. The van der Waals surface area contributed by atoms with Gasteiger partial charge in [-0.2, -0.15) is 0 Å². The van der Waals surface area contributed by atoms with Crippen molar-refractivity contribution >= 4 is 23.5 Å². The number of aryl methyl sites for hydroxylation is 2. The molecule has 34 heavy (non-hydrogen) atoms. The molecule has 1 aliphatic carbocycles. The number of carbonyl (C=O) groups excluding carboxylic acids is 1. The number of aromatic nitrogens is 2.